The van der Waals surface area contributed by atoms with Crippen molar-refractivity contribution in [2.24, 2.45) is 0 Å². The minimum Gasteiger partial charge on any atom is -0.491 e. The summed E-state index contributed by atoms with van der Waals surface area (Å²) in [5.41, 5.74) is 3.67. The fourth-order valence-corrected chi connectivity index (χ4v) is 4.46. The van der Waals surface area contributed by atoms with Crippen LogP contribution in [0.1, 0.15) is 53.5 Å². The molecule has 1 heterocycles. The van der Waals surface area contributed by atoms with E-state index in [1.54, 1.807) is 31.2 Å². The number of nitrogens with one attached hydrogen (secondary N) is 1. The number of hydrogen-bond acceptors (Lipinski definition) is 6. The first kappa shape index (κ1) is 27.2. The molecular weight excluding hydrogens is 478 g/mol. The molecule has 1 unspecified atom stereocenters. The smallest absolute Gasteiger partial charge is 0.338 e. The van der Waals surface area contributed by atoms with Crippen LogP contribution in [0.25, 0.3) is 0 Å². The quantitative estimate of drug-likeness (QED) is 0.354. The number of benzene rings is 3. The Bertz CT molecular complexity index is 1220. The van der Waals surface area contributed by atoms with Gasteiger partial charge in [0.1, 0.15) is 5.75 Å². The van der Waals surface area contributed by atoms with Crippen LogP contribution >= 0.6 is 0 Å². The molecule has 0 spiro atoms. The van der Waals surface area contributed by atoms with Crippen molar-refractivity contribution in [1.82, 2.24) is 4.90 Å². The van der Waals surface area contributed by atoms with Gasteiger partial charge in [-0.3, -0.25) is 9.69 Å². The number of rotatable bonds is 10. The first-order valence-electron chi connectivity index (χ1n) is 13.4. The SMILES string of the molecule is CCOC(=O)c1ccc(N2CCN(Cc3ccccc3)CC2)c(NC(=O)c2cccc(OC(C)CC)c2)c1. The maximum atomic E-state index is 13.3. The summed E-state index contributed by atoms with van der Waals surface area (Å²) in [5.74, 6) is -0.0159. The van der Waals surface area contributed by atoms with E-state index in [1.165, 1.54) is 5.56 Å². The number of ether oxygens (including phenoxy) is 2. The molecule has 0 bridgehead atoms. The summed E-state index contributed by atoms with van der Waals surface area (Å²) < 4.78 is 11.1. The predicted molar refractivity (Wildman–Crippen MR) is 151 cm³/mol. The van der Waals surface area contributed by atoms with Gasteiger partial charge in [0, 0.05) is 38.3 Å². The third-order valence-corrected chi connectivity index (χ3v) is 6.73. The van der Waals surface area contributed by atoms with Crippen LogP contribution in [-0.2, 0) is 11.3 Å². The summed E-state index contributed by atoms with van der Waals surface area (Å²) in [5, 5.41) is 3.05. The molecule has 1 fully saturated rings. The number of hydrogen-bond donors (Lipinski definition) is 1. The maximum absolute atomic E-state index is 13.3. The Kier molecular flexibility index (Phi) is 9.38. The molecule has 1 aliphatic heterocycles. The molecule has 0 aliphatic carbocycles. The molecular formula is C31H37N3O4. The van der Waals surface area contributed by atoms with Crippen LogP contribution in [0.4, 0.5) is 11.4 Å². The number of esters is 1. The predicted octanol–water partition coefficient (Wildman–Crippen LogP) is 5.62. The third-order valence-electron chi connectivity index (χ3n) is 6.73. The molecule has 3 aromatic rings. The van der Waals surface area contributed by atoms with E-state index in [2.05, 4.69) is 46.3 Å². The van der Waals surface area contributed by atoms with Gasteiger partial charge >= 0.3 is 5.97 Å². The van der Waals surface area contributed by atoms with Gasteiger partial charge in [0.05, 0.1) is 29.6 Å². The van der Waals surface area contributed by atoms with Gasteiger partial charge < -0.3 is 19.7 Å². The second kappa shape index (κ2) is 13.1. The van der Waals surface area contributed by atoms with Crippen LogP contribution in [0.15, 0.2) is 72.8 Å². The van der Waals surface area contributed by atoms with E-state index in [9.17, 15) is 9.59 Å². The molecule has 200 valence electrons. The van der Waals surface area contributed by atoms with E-state index in [4.69, 9.17) is 9.47 Å². The molecule has 0 radical (unpaired) electrons. The number of piperazine rings is 1. The zero-order valence-corrected chi connectivity index (χ0v) is 22.5. The zero-order chi connectivity index (χ0) is 26.9. The summed E-state index contributed by atoms with van der Waals surface area (Å²) in [7, 11) is 0. The second-order valence-electron chi connectivity index (χ2n) is 9.52. The number of carbonyl (C=O) groups excluding carboxylic acids is 2. The lowest BCUT2D eigenvalue weighted by molar-refractivity contribution is 0.0526. The molecule has 1 atom stereocenters. The third kappa shape index (κ3) is 7.13. The number of anilines is 2. The molecule has 4 rings (SSSR count). The molecule has 1 amide bonds. The van der Waals surface area contributed by atoms with Crippen LogP contribution in [0.2, 0.25) is 0 Å². The first-order chi connectivity index (χ1) is 18.5. The van der Waals surface area contributed by atoms with Crippen molar-refractivity contribution >= 4 is 23.3 Å². The molecule has 1 N–H and O–H groups in total. The monoisotopic (exact) mass is 515 g/mol. The lowest BCUT2D eigenvalue weighted by Gasteiger charge is -2.37. The summed E-state index contributed by atoms with van der Waals surface area (Å²) in [6.07, 6.45) is 0.931. The van der Waals surface area contributed by atoms with Gasteiger partial charge in [0.15, 0.2) is 0 Å². The van der Waals surface area contributed by atoms with Crippen LogP contribution < -0.4 is 15.0 Å². The van der Waals surface area contributed by atoms with Gasteiger partial charge in [-0.1, -0.05) is 43.3 Å². The van der Waals surface area contributed by atoms with Crippen molar-refractivity contribution in [3.8, 4) is 5.75 Å². The highest BCUT2D eigenvalue weighted by atomic mass is 16.5. The van der Waals surface area contributed by atoms with E-state index in [1.807, 2.05) is 31.2 Å². The van der Waals surface area contributed by atoms with Gasteiger partial charge in [-0.2, -0.15) is 0 Å². The van der Waals surface area contributed by atoms with Crippen LogP contribution in [0, 0.1) is 0 Å². The highest BCUT2D eigenvalue weighted by molar-refractivity contribution is 6.07. The Labute approximate surface area is 225 Å². The van der Waals surface area contributed by atoms with Gasteiger partial charge in [0.2, 0.25) is 0 Å². The molecule has 1 aliphatic rings. The first-order valence-corrected chi connectivity index (χ1v) is 13.4. The highest BCUT2D eigenvalue weighted by Crippen LogP contribution is 2.30. The van der Waals surface area contributed by atoms with Gasteiger partial charge in [-0.05, 0) is 62.2 Å². The van der Waals surface area contributed by atoms with Crippen molar-refractivity contribution in [3.05, 3.63) is 89.5 Å². The largest absolute Gasteiger partial charge is 0.491 e. The van der Waals surface area contributed by atoms with Crippen molar-refractivity contribution in [2.45, 2.75) is 39.8 Å². The lowest BCUT2D eigenvalue weighted by atomic mass is 10.1. The maximum Gasteiger partial charge on any atom is 0.338 e. The number of amides is 1. The average Bonchev–Trinajstić information content (AvgIpc) is 2.94. The molecule has 7 nitrogen and oxygen atoms in total. The summed E-state index contributed by atoms with van der Waals surface area (Å²) in [6.45, 7) is 10.5. The highest BCUT2D eigenvalue weighted by Gasteiger charge is 2.22. The van der Waals surface area contributed by atoms with E-state index in [-0.39, 0.29) is 18.6 Å². The van der Waals surface area contributed by atoms with E-state index in [0.717, 1.165) is 44.8 Å². The van der Waals surface area contributed by atoms with Gasteiger partial charge in [-0.15, -0.1) is 0 Å². The van der Waals surface area contributed by atoms with E-state index >= 15 is 0 Å². The summed E-state index contributed by atoms with van der Waals surface area (Å²) in [6, 6.07) is 23.0. The topological polar surface area (TPSA) is 71.1 Å². The second-order valence-corrected chi connectivity index (χ2v) is 9.52. The Morgan fingerprint density at radius 3 is 2.37 bits per heavy atom. The van der Waals surface area contributed by atoms with Crippen LogP contribution in [0.5, 0.6) is 5.75 Å². The Hall–Kier alpha value is -3.84. The standard InChI is InChI=1S/C31H37N3O4/c1-4-23(3)38-27-13-9-12-25(20-27)30(35)32-28-21-26(31(36)37-5-2)14-15-29(28)34-18-16-33(17-19-34)22-24-10-7-6-8-11-24/h6-15,20-21,23H,4-5,16-19,22H2,1-3H3,(H,32,35). The lowest BCUT2D eigenvalue weighted by Crippen LogP contribution is -2.46. The van der Waals surface area contributed by atoms with Crippen molar-refractivity contribution < 1.29 is 19.1 Å². The van der Waals surface area contributed by atoms with Crippen molar-refractivity contribution in [2.75, 3.05) is 43.0 Å². The van der Waals surface area contributed by atoms with Crippen LogP contribution in [0.3, 0.4) is 0 Å². The minimum atomic E-state index is -0.411. The summed E-state index contributed by atoms with van der Waals surface area (Å²) in [4.78, 5) is 30.5. The van der Waals surface area contributed by atoms with Crippen molar-refractivity contribution in [1.29, 1.82) is 0 Å². The Balaban J connectivity index is 1.52. The van der Waals surface area contributed by atoms with Crippen LogP contribution in [-0.4, -0.2) is 55.7 Å². The molecule has 3 aromatic carbocycles. The molecule has 1 saturated heterocycles. The van der Waals surface area contributed by atoms with E-state index < -0.39 is 5.97 Å². The fraction of sp³-hybridized carbons (Fsp3) is 0.355. The molecule has 38 heavy (non-hydrogen) atoms. The normalized spacial score (nSPS) is 14.6. The van der Waals surface area contributed by atoms with Crippen molar-refractivity contribution in [3.63, 3.8) is 0 Å². The molecule has 0 saturated carbocycles. The van der Waals surface area contributed by atoms with E-state index in [0.29, 0.717) is 22.6 Å². The molecule has 0 aromatic heterocycles. The molecule has 7 heteroatoms. The summed E-state index contributed by atoms with van der Waals surface area (Å²) >= 11 is 0. The Morgan fingerprint density at radius 1 is 0.895 bits per heavy atom. The van der Waals surface area contributed by atoms with Gasteiger partial charge in [-0.25, -0.2) is 4.79 Å². The zero-order valence-electron chi connectivity index (χ0n) is 22.5. The minimum absolute atomic E-state index is 0.0572. The number of nitrogens with zero attached hydrogens (tertiary/aromatic N) is 2. The average molecular weight is 516 g/mol. The van der Waals surface area contributed by atoms with Gasteiger partial charge in [0.25, 0.3) is 5.91 Å². The Morgan fingerprint density at radius 2 is 1.66 bits per heavy atom. The fourth-order valence-electron chi connectivity index (χ4n) is 4.46. The number of carbonyl (C=O) groups is 2.